The van der Waals surface area contributed by atoms with Crippen LogP contribution in [0.25, 0.3) is 0 Å². The van der Waals surface area contributed by atoms with Gasteiger partial charge in [0.05, 0.1) is 18.3 Å². The summed E-state index contributed by atoms with van der Waals surface area (Å²) >= 11 is 1.71. The fraction of sp³-hybridized carbons (Fsp3) is 0.591. The van der Waals surface area contributed by atoms with Crippen LogP contribution in [0.2, 0.25) is 0 Å². The number of hydrogen-bond donors (Lipinski definition) is 4. The van der Waals surface area contributed by atoms with Gasteiger partial charge in [-0.25, -0.2) is 0 Å². The molecule has 0 bridgehead atoms. The topological polar surface area (TPSA) is 98.0 Å². The highest BCUT2D eigenvalue weighted by Crippen LogP contribution is 2.36. The van der Waals surface area contributed by atoms with E-state index in [2.05, 4.69) is 18.4 Å². The smallest absolute Gasteiger partial charge is 0.303 e. The number of carboxylic acid groups (broad SMARTS) is 1. The Bertz CT molecular complexity index is 666. The summed E-state index contributed by atoms with van der Waals surface area (Å²) in [6.45, 7) is 2.07. The molecule has 1 aromatic heterocycles. The zero-order chi connectivity index (χ0) is 20.5. The summed E-state index contributed by atoms with van der Waals surface area (Å²) in [5, 5.41) is 41.5. The van der Waals surface area contributed by atoms with Gasteiger partial charge >= 0.3 is 5.97 Å². The Kier molecular flexibility index (Phi) is 9.38. The van der Waals surface area contributed by atoms with Gasteiger partial charge in [-0.15, -0.1) is 11.3 Å². The molecule has 0 radical (unpaired) electrons. The molecule has 5 nitrogen and oxygen atoms in total. The quantitative estimate of drug-likeness (QED) is 0.332. The highest BCUT2D eigenvalue weighted by Gasteiger charge is 2.39. The van der Waals surface area contributed by atoms with Gasteiger partial charge in [0.1, 0.15) is 0 Å². The third-order valence-corrected chi connectivity index (χ3v) is 6.23. The molecule has 5 atom stereocenters. The van der Waals surface area contributed by atoms with E-state index >= 15 is 0 Å². The lowest BCUT2D eigenvalue weighted by Gasteiger charge is -2.19. The van der Waals surface area contributed by atoms with Crippen LogP contribution in [0.4, 0.5) is 0 Å². The van der Waals surface area contributed by atoms with Gasteiger partial charge in [-0.1, -0.05) is 24.3 Å². The van der Waals surface area contributed by atoms with E-state index in [9.17, 15) is 20.1 Å². The van der Waals surface area contributed by atoms with Crippen LogP contribution in [0.5, 0.6) is 0 Å². The Labute approximate surface area is 171 Å². The minimum absolute atomic E-state index is 0.0892. The number of aliphatic hydroxyl groups excluding tert-OH is 3. The van der Waals surface area contributed by atoms with Crippen molar-refractivity contribution in [1.29, 1.82) is 0 Å². The second-order valence-corrected chi connectivity index (χ2v) is 8.78. The van der Waals surface area contributed by atoms with E-state index < -0.39 is 24.3 Å². The van der Waals surface area contributed by atoms with E-state index in [1.807, 2.05) is 18.2 Å². The lowest BCUT2D eigenvalue weighted by atomic mass is 9.89. The Morgan fingerprint density at radius 1 is 1.32 bits per heavy atom. The van der Waals surface area contributed by atoms with Crippen molar-refractivity contribution in [1.82, 2.24) is 0 Å². The van der Waals surface area contributed by atoms with Crippen molar-refractivity contribution in [3.8, 4) is 0 Å². The minimum atomic E-state index is -0.791. The van der Waals surface area contributed by atoms with E-state index in [1.165, 1.54) is 10.4 Å². The second-order valence-electron chi connectivity index (χ2n) is 7.66. The third kappa shape index (κ3) is 7.51. The maximum atomic E-state index is 10.5. The molecule has 1 aromatic rings. The third-order valence-electron chi connectivity index (χ3n) is 5.32. The van der Waals surface area contributed by atoms with Crippen LogP contribution in [0, 0.1) is 18.8 Å². The second kappa shape index (κ2) is 11.5. The van der Waals surface area contributed by atoms with Gasteiger partial charge in [-0.2, -0.15) is 0 Å². The zero-order valence-corrected chi connectivity index (χ0v) is 17.2. The van der Waals surface area contributed by atoms with Gasteiger partial charge in [0, 0.05) is 23.6 Å². The van der Waals surface area contributed by atoms with E-state index in [0.717, 1.165) is 6.42 Å². The monoisotopic (exact) mass is 408 g/mol. The maximum absolute atomic E-state index is 10.5. The van der Waals surface area contributed by atoms with E-state index in [4.69, 9.17) is 5.11 Å². The van der Waals surface area contributed by atoms with Crippen molar-refractivity contribution < 1.29 is 25.2 Å². The van der Waals surface area contributed by atoms with Crippen molar-refractivity contribution >= 4 is 17.3 Å². The molecule has 1 heterocycles. The molecule has 1 aliphatic rings. The first-order valence-corrected chi connectivity index (χ1v) is 10.9. The van der Waals surface area contributed by atoms with Crippen LogP contribution < -0.4 is 0 Å². The van der Waals surface area contributed by atoms with Crippen LogP contribution in [-0.2, 0) is 11.2 Å². The first-order valence-electron chi connectivity index (χ1n) is 10.00. The number of unbranched alkanes of at least 4 members (excludes halogenated alkanes) is 1. The number of aliphatic hydroxyl groups is 3. The molecule has 0 amide bonds. The van der Waals surface area contributed by atoms with Crippen LogP contribution in [-0.4, -0.2) is 44.7 Å². The number of allylic oxidation sites excluding steroid dienone is 2. The van der Waals surface area contributed by atoms with Crippen molar-refractivity contribution in [2.75, 3.05) is 0 Å². The van der Waals surface area contributed by atoms with Gasteiger partial charge in [0.15, 0.2) is 0 Å². The average molecular weight is 409 g/mol. The molecule has 0 aliphatic heterocycles. The summed E-state index contributed by atoms with van der Waals surface area (Å²) in [7, 11) is 0. The molecule has 0 saturated heterocycles. The van der Waals surface area contributed by atoms with Crippen molar-refractivity contribution in [3.63, 3.8) is 0 Å². The first-order chi connectivity index (χ1) is 13.4. The Morgan fingerprint density at radius 3 is 2.79 bits per heavy atom. The number of aryl methyl sites for hydroxylation is 2. The van der Waals surface area contributed by atoms with E-state index in [0.29, 0.717) is 32.1 Å². The fourth-order valence-electron chi connectivity index (χ4n) is 3.74. The van der Waals surface area contributed by atoms with Gasteiger partial charge in [0.2, 0.25) is 0 Å². The highest BCUT2D eigenvalue weighted by atomic mass is 32.1. The van der Waals surface area contributed by atoms with Crippen molar-refractivity contribution in [3.05, 3.63) is 46.2 Å². The van der Waals surface area contributed by atoms with Gasteiger partial charge < -0.3 is 20.4 Å². The highest BCUT2D eigenvalue weighted by molar-refractivity contribution is 7.10. The van der Waals surface area contributed by atoms with Crippen molar-refractivity contribution in [2.24, 2.45) is 11.8 Å². The summed E-state index contributed by atoms with van der Waals surface area (Å²) in [5.41, 5.74) is 1.23. The lowest BCUT2D eigenvalue weighted by Crippen LogP contribution is -2.20. The van der Waals surface area contributed by atoms with Crippen LogP contribution in [0.1, 0.15) is 49.0 Å². The number of rotatable bonds is 11. The molecule has 6 heteroatoms. The maximum Gasteiger partial charge on any atom is 0.303 e. The van der Waals surface area contributed by atoms with Crippen LogP contribution >= 0.6 is 11.3 Å². The largest absolute Gasteiger partial charge is 0.481 e. The summed E-state index contributed by atoms with van der Waals surface area (Å²) < 4.78 is 0. The molecule has 0 unspecified atom stereocenters. The Morgan fingerprint density at radius 2 is 2.11 bits per heavy atom. The zero-order valence-electron chi connectivity index (χ0n) is 16.4. The summed E-state index contributed by atoms with van der Waals surface area (Å²) in [5.74, 6) is -1.06. The number of thiophene rings is 1. The molecule has 156 valence electrons. The van der Waals surface area contributed by atoms with Gasteiger partial charge in [-0.3, -0.25) is 4.79 Å². The normalized spacial score (nSPS) is 26.4. The molecule has 1 saturated carbocycles. The predicted molar refractivity (Wildman–Crippen MR) is 111 cm³/mol. The SMILES string of the molecule is Cc1cc(CC[C@H](O)/C=C/[C@@H]2[C@@H](C/C=C\CCCC(=O)O)[C@@H](O)C[C@H]2O)cs1. The Hall–Kier alpha value is -1.47. The standard InChI is InChI=1S/C22H32O5S/c1-15-12-16(14-28-15)8-9-17(23)10-11-19-18(20(24)13-21(19)25)6-4-2-3-5-7-22(26)27/h2,4,10-12,14,17-21,23-25H,3,5-9,13H2,1H3,(H,26,27)/b4-2-,11-10+/t17-,18+,19+,20-,21+/m0/s1. The van der Waals surface area contributed by atoms with Crippen LogP contribution in [0.15, 0.2) is 35.8 Å². The van der Waals surface area contributed by atoms with E-state index in [-0.39, 0.29) is 18.3 Å². The number of hydrogen-bond acceptors (Lipinski definition) is 5. The minimum Gasteiger partial charge on any atom is -0.481 e. The van der Waals surface area contributed by atoms with E-state index in [1.54, 1.807) is 17.4 Å². The van der Waals surface area contributed by atoms with Crippen molar-refractivity contribution in [2.45, 2.75) is 70.2 Å². The summed E-state index contributed by atoms with van der Waals surface area (Å²) in [4.78, 5) is 11.8. The molecule has 2 rings (SSSR count). The fourth-order valence-corrected chi connectivity index (χ4v) is 4.49. The summed E-state index contributed by atoms with van der Waals surface area (Å²) in [6, 6.07) is 2.14. The molecule has 28 heavy (non-hydrogen) atoms. The lowest BCUT2D eigenvalue weighted by molar-refractivity contribution is -0.137. The van der Waals surface area contributed by atoms with Gasteiger partial charge in [0.25, 0.3) is 0 Å². The first kappa shape index (κ1) is 22.8. The molecule has 0 aromatic carbocycles. The average Bonchev–Trinajstić information content (AvgIpc) is 3.16. The molecular formula is C22H32O5S. The molecule has 1 aliphatic carbocycles. The molecule has 1 fully saturated rings. The van der Waals surface area contributed by atoms with Gasteiger partial charge in [-0.05, 0) is 62.0 Å². The molecular weight excluding hydrogens is 376 g/mol. The summed E-state index contributed by atoms with van der Waals surface area (Å²) in [6.07, 6.45) is 9.62. The Balaban J connectivity index is 1.81. The molecule has 4 N–H and O–H groups in total. The number of carbonyl (C=O) groups is 1. The van der Waals surface area contributed by atoms with Crippen LogP contribution in [0.3, 0.4) is 0 Å². The molecule has 0 spiro atoms. The predicted octanol–water partition coefficient (Wildman–Crippen LogP) is 3.47. The number of carboxylic acids is 1. The number of aliphatic carboxylic acids is 1.